The lowest BCUT2D eigenvalue weighted by Crippen LogP contribution is -2.32. The van der Waals surface area contributed by atoms with Gasteiger partial charge in [-0.15, -0.1) is 10.2 Å². The highest BCUT2D eigenvalue weighted by Crippen LogP contribution is 2.22. The fourth-order valence-electron chi connectivity index (χ4n) is 1.40. The summed E-state index contributed by atoms with van der Waals surface area (Å²) < 4.78 is 1.37. The SMILES string of the molecule is C=C(Cl)CSc1nnc(SCC(=O)N(CC)CC)n1N. The summed E-state index contributed by atoms with van der Waals surface area (Å²) in [6.07, 6.45) is 0. The van der Waals surface area contributed by atoms with Gasteiger partial charge in [-0.3, -0.25) is 4.79 Å². The Morgan fingerprint density at radius 2 is 1.80 bits per heavy atom. The van der Waals surface area contributed by atoms with E-state index in [4.69, 9.17) is 17.4 Å². The number of hydrogen-bond acceptors (Lipinski definition) is 6. The van der Waals surface area contributed by atoms with Crippen LogP contribution < -0.4 is 5.84 Å². The summed E-state index contributed by atoms with van der Waals surface area (Å²) in [7, 11) is 0. The van der Waals surface area contributed by atoms with Crippen molar-refractivity contribution in [3.05, 3.63) is 11.6 Å². The monoisotopic (exact) mass is 335 g/mol. The minimum Gasteiger partial charge on any atom is -0.343 e. The summed E-state index contributed by atoms with van der Waals surface area (Å²) in [4.78, 5) is 13.6. The fourth-order valence-corrected chi connectivity index (χ4v) is 2.99. The van der Waals surface area contributed by atoms with E-state index >= 15 is 0 Å². The number of amides is 1. The third-order valence-electron chi connectivity index (χ3n) is 2.43. The van der Waals surface area contributed by atoms with E-state index in [1.54, 1.807) is 4.90 Å². The zero-order valence-corrected chi connectivity index (χ0v) is 13.9. The van der Waals surface area contributed by atoms with Crippen LogP contribution in [0.4, 0.5) is 0 Å². The van der Waals surface area contributed by atoms with E-state index in [0.29, 0.717) is 39.9 Å². The Morgan fingerprint density at radius 1 is 1.30 bits per heavy atom. The summed E-state index contributed by atoms with van der Waals surface area (Å²) >= 11 is 8.31. The highest BCUT2D eigenvalue weighted by Gasteiger charge is 2.15. The molecular weight excluding hydrogens is 318 g/mol. The molecule has 0 radical (unpaired) electrons. The zero-order chi connectivity index (χ0) is 15.1. The minimum absolute atomic E-state index is 0.0614. The molecule has 6 nitrogen and oxygen atoms in total. The van der Waals surface area contributed by atoms with Crippen LogP contribution in [-0.2, 0) is 4.79 Å². The third-order valence-corrected chi connectivity index (χ3v) is 4.68. The number of thioether (sulfide) groups is 2. The molecule has 0 fully saturated rings. The molecule has 20 heavy (non-hydrogen) atoms. The van der Waals surface area contributed by atoms with E-state index < -0.39 is 0 Å². The number of halogens is 1. The number of nitrogens with zero attached hydrogens (tertiary/aromatic N) is 4. The van der Waals surface area contributed by atoms with E-state index in [1.165, 1.54) is 28.2 Å². The maximum atomic E-state index is 11.9. The smallest absolute Gasteiger partial charge is 0.233 e. The van der Waals surface area contributed by atoms with Gasteiger partial charge in [-0.05, 0) is 13.8 Å². The van der Waals surface area contributed by atoms with Gasteiger partial charge in [0.25, 0.3) is 0 Å². The van der Waals surface area contributed by atoms with Crippen LogP contribution in [0.1, 0.15) is 13.8 Å². The van der Waals surface area contributed by atoms with Crippen LogP contribution in [0.3, 0.4) is 0 Å². The Hall–Kier alpha value is -0.860. The Labute approximate surface area is 132 Å². The Balaban J connectivity index is 2.57. The van der Waals surface area contributed by atoms with Crippen molar-refractivity contribution in [2.24, 2.45) is 0 Å². The van der Waals surface area contributed by atoms with E-state index in [9.17, 15) is 4.79 Å². The van der Waals surface area contributed by atoms with Crippen molar-refractivity contribution in [1.82, 2.24) is 19.8 Å². The Bertz CT molecular complexity index is 475. The second-order valence-electron chi connectivity index (χ2n) is 3.80. The van der Waals surface area contributed by atoms with Crippen LogP contribution in [0.25, 0.3) is 0 Å². The van der Waals surface area contributed by atoms with Gasteiger partial charge in [0, 0.05) is 23.9 Å². The first-order valence-corrected chi connectivity index (χ1v) is 8.41. The molecule has 0 aliphatic carbocycles. The minimum atomic E-state index is 0.0614. The molecule has 0 aromatic carbocycles. The van der Waals surface area contributed by atoms with Gasteiger partial charge in [0.15, 0.2) is 0 Å². The summed E-state index contributed by atoms with van der Waals surface area (Å²) in [5.74, 6) is 6.74. The van der Waals surface area contributed by atoms with Gasteiger partial charge in [-0.25, -0.2) is 4.68 Å². The maximum absolute atomic E-state index is 11.9. The second-order valence-corrected chi connectivity index (χ2v) is 6.22. The van der Waals surface area contributed by atoms with Gasteiger partial charge < -0.3 is 10.7 Å². The quantitative estimate of drug-likeness (QED) is 0.576. The van der Waals surface area contributed by atoms with Crippen molar-refractivity contribution >= 4 is 41.0 Å². The highest BCUT2D eigenvalue weighted by molar-refractivity contribution is 8.00. The largest absolute Gasteiger partial charge is 0.343 e. The van der Waals surface area contributed by atoms with Gasteiger partial charge in [0.1, 0.15) is 0 Å². The number of aromatic nitrogens is 3. The van der Waals surface area contributed by atoms with Crippen LogP contribution >= 0.6 is 35.1 Å². The molecule has 9 heteroatoms. The van der Waals surface area contributed by atoms with E-state index in [1.807, 2.05) is 13.8 Å². The van der Waals surface area contributed by atoms with Crippen molar-refractivity contribution < 1.29 is 4.79 Å². The first-order chi connectivity index (χ1) is 9.49. The van der Waals surface area contributed by atoms with Crippen LogP contribution in [0.2, 0.25) is 0 Å². The van der Waals surface area contributed by atoms with Crippen molar-refractivity contribution in [2.45, 2.75) is 24.2 Å². The van der Waals surface area contributed by atoms with Crippen molar-refractivity contribution in [3.63, 3.8) is 0 Å². The maximum Gasteiger partial charge on any atom is 0.233 e. The molecule has 1 aromatic rings. The van der Waals surface area contributed by atoms with E-state index in [2.05, 4.69) is 16.8 Å². The van der Waals surface area contributed by atoms with Crippen LogP contribution in [0.15, 0.2) is 21.9 Å². The Kier molecular flexibility index (Phi) is 7.25. The van der Waals surface area contributed by atoms with Crippen molar-refractivity contribution in [2.75, 3.05) is 30.4 Å². The van der Waals surface area contributed by atoms with Gasteiger partial charge in [-0.1, -0.05) is 41.7 Å². The number of rotatable bonds is 8. The average molecular weight is 336 g/mol. The third kappa shape index (κ3) is 4.92. The van der Waals surface area contributed by atoms with Crippen LogP contribution in [0, 0.1) is 0 Å². The number of hydrogen-bond donors (Lipinski definition) is 1. The van der Waals surface area contributed by atoms with E-state index in [0.717, 1.165) is 0 Å². The van der Waals surface area contributed by atoms with Crippen LogP contribution in [-0.4, -0.2) is 50.3 Å². The van der Waals surface area contributed by atoms with Crippen molar-refractivity contribution in [3.8, 4) is 0 Å². The van der Waals surface area contributed by atoms with Gasteiger partial charge >= 0.3 is 0 Å². The first-order valence-electron chi connectivity index (χ1n) is 6.06. The number of nitrogens with two attached hydrogens (primary N) is 1. The normalized spacial score (nSPS) is 10.6. The molecule has 0 aliphatic heterocycles. The number of carbonyl (C=O) groups is 1. The number of nitrogen functional groups attached to an aromatic ring is 1. The van der Waals surface area contributed by atoms with Crippen LogP contribution in [0.5, 0.6) is 0 Å². The van der Waals surface area contributed by atoms with Crippen molar-refractivity contribution in [1.29, 1.82) is 0 Å². The average Bonchev–Trinajstić information content (AvgIpc) is 2.76. The summed E-state index contributed by atoms with van der Waals surface area (Å²) in [5, 5.41) is 9.49. The molecule has 1 heterocycles. The van der Waals surface area contributed by atoms with Gasteiger partial charge in [0.2, 0.25) is 16.2 Å². The summed E-state index contributed by atoms with van der Waals surface area (Å²) in [6, 6.07) is 0. The number of carbonyl (C=O) groups excluding carboxylic acids is 1. The first kappa shape index (κ1) is 17.2. The lowest BCUT2D eigenvalue weighted by atomic mass is 10.5. The molecule has 1 amide bonds. The molecule has 1 aromatic heterocycles. The standard InChI is InChI=1S/C11H18ClN5OS2/c1-4-16(5-2)9(18)7-20-11-15-14-10(17(11)13)19-6-8(3)12/h3-7,13H2,1-2H3. The molecule has 0 aliphatic rings. The molecule has 0 spiro atoms. The second kappa shape index (κ2) is 8.43. The van der Waals surface area contributed by atoms with Gasteiger partial charge in [0.05, 0.1) is 5.75 Å². The molecule has 0 unspecified atom stereocenters. The summed E-state index contributed by atoms with van der Waals surface area (Å²) in [6.45, 7) is 8.89. The predicted molar refractivity (Wildman–Crippen MR) is 84.5 cm³/mol. The van der Waals surface area contributed by atoms with Gasteiger partial charge in [-0.2, -0.15) is 0 Å². The topological polar surface area (TPSA) is 77.0 Å². The molecule has 0 atom stereocenters. The zero-order valence-electron chi connectivity index (χ0n) is 11.5. The highest BCUT2D eigenvalue weighted by atomic mass is 35.5. The molecule has 0 bridgehead atoms. The summed E-state index contributed by atoms with van der Waals surface area (Å²) in [5.41, 5.74) is 0. The molecule has 0 saturated heterocycles. The predicted octanol–water partition coefficient (Wildman–Crippen LogP) is 1.80. The molecule has 2 N–H and O–H groups in total. The molecular formula is C11H18ClN5OS2. The lowest BCUT2D eigenvalue weighted by molar-refractivity contribution is -0.127. The molecule has 112 valence electrons. The van der Waals surface area contributed by atoms with E-state index in [-0.39, 0.29) is 5.91 Å². The molecule has 1 rings (SSSR count). The molecule has 0 saturated carbocycles. The fraction of sp³-hybridized carbons (Fsp3) is 0.545. The Morgan fingerprint density at radius 3 is 2.25 bits per heavy atom. The lowest BCUT2D eigenvalue weighted by Gasteiger charge is -2.17.